The number of carboxylic acid groups (broad SMARTS) is 1. The van der Waals surface area contributed by atoms with Crippen LogP contribution in [-0.2, 0) is 4.79 Å². The van der Waals surface area contributed by atoms with Crippen LogP contribution in [0.4, 0.5) is 8.78 Å². The van der Waals surface area contributed by atoms with Crippen molar-refractivity contribution in [3.63, 3.8) is 0 Å². The van der Waals surface area contributed by atoms with E-state index in [0.717, 1.165) is 0 Å². The molecule has 0 heterocycles. The molecule has 0 aliphatic heterocycles. The zero-order chi connectivity index (χ0) is 8.43. The Labute approximate surface area is 62.5 Å². The van der Waals surface area contributed by atoms with E-state index in [0.29, 0.717) is 6.42 Å². The van der Waals surface area contributed by atoms with Gasteiger partial charge < -0.3 is 5.11 Å². The van der Waals surface area contributed by atoms with Crippen molar-refractivity contribution >= 4 is 5.97 Å². The van der Waals surface area contributed by atoms with Crippen LogP contribution in [0.5, 0.6) is 0 Å². The van der Waals surface area contributed by atoms with E-state index in [9.17, 15) is 13.6 Å². The molecule has 4 heteroatoms. The third-order valence-corrected chi connectivity index (χ3v) is 1.90. The molecule has 0 aromatic carbocycles. The number of rotatable bonds is 1. The van der Waals surface area contributed by atoms with E-state index < -0.39 is 18.0 Å². The van der Waals surface area contributed by atoms with Crippen molar-refractivity contribution in [1.82, 2.24) is 0 Å². The zero-order valence-electron chi connectivity index (χ0n) is 5.81. The van der Waals surface area contributed by atoms with Gasteiger partial charge in [0, 0.05) is 0 Å². The highest BCUT2D eigenvalue weighted by Gasteiger charge is 2.27. The van der Waals surface area contributed by atoms with Crippen molar-refractivity contribution in [2.24, 2.45) is 5.92 Å². The first-order chi connectivity index (χ1) is 5.11. The molecular formula is C7H8F2O2. The summed E-state index contributed by atoms with van der Waals surface area (Å²) in [7, 11) is 0. The van der Waals surface area contributed by atoms with E-state index in [1.54, 1.807) is 0 Å². The number of carbonyl (C=O) groups is 1. The van der Waals surface area contributed by atoms with E-state index in [1.165, 1.54) is 0 Å². The molecule has 1 rings (SSSR count). The monoisotopic (exact) mass is 162 g/mol. The largest absolute Gasteiger partial charge is 0.481 e. The topological polar surface area (TPSA) is 37.3 Å². The zero-order valence-corrected chi connectivity index (χ0v) is 5.81. The Morgan fingerprint density at radius 3 is 2.45 bits per heavy atom. The van der Waals surface area contributed by atoms with Crippen LogP contribution in [0.3, 0.4) is 0 Å². The summed E-state index contributed by atoms with van der Waals surface area (Å²) in [5, 5.41) is 8.45. The van der Waals surface area contributed by atoms with Gasteiger partial charge in [-0.3, -0.25) is 4.79 Å². The van der Waals surface area contributed by atoms with Gasteiger partial charge in [0.2, 0.25) is 0 Å². The average molecular weight is 162 g/mol. The first-order valence-corrected chi connectivity index (χ1v) is 3.37. The molecule has 1 saturated carbocycles. The summed E-state index contributed by atoms with van der Waals surface area (Å²) in [6, 6.07) is 0. The van der Waals surface area contributed by atoms with E-state index >= 15 is 0 Å². The van der Waals surface area contributed by atoms with Crippen LogP contribution in [0.15, 0.2) is 11.7 Å². The van der Waals surface area contributed by atoms with E-state index in [-0.39, 0.29) is 18.4 Å². The van der Waals surface area contributed by atoms with Gasteiger partial charge in [0.1, 0.15) is 0 Å². The fourth-order valence-electron chi connectivity index (χ4n) is 1.23. The Hall–Kier alpha value is -0.930. The van der Waals surface area contributed by atoms with Crippen LogP contribution in [-0.4, -0.2) is 11.1 Å². The predicted octanol–water partition coefficient (Wildman–Crippen LogP) is 2.02. The van der Waals surface area contributed by atoms with Crippen LogP contribution in [0, 0.1) is 5.92 Å². The maximum absolute atomic E-state index is 11.9. The third kappa shape index (κ3) is 1.76. The molecule has 62 valence electrons. The number of aliphatic carboxylic acids is 1. The minimum Gasteiger partial charge on any atom is -0.481 e. The van der Waals surface area contributed by atoms with Crippen LogP contribution >= 0.6 is 0 Å². The van der Waals surface area contributed by atoms with Gasteiger partial charge in [-0.05, 0) is 24.8 Å². The molecule has 0 bridgehead atoms. The molecular weight excluding hydrogens is 154 g/mol. The summed E-state index contributed by atoms with van der Waals surface area (Å²) in [6.07, 6.45) is -1.09. The highest BCUT2D eigenvalue weighted by atomic mass is 19.3. The van der Waals surface area contributed by atoms with Gasteiger partial charge in [0.05, 0.1) is 5.92 Å². The van der Waals surface area contributed by atoms with Crippen molar-refractivity contribution in [3.8, 4) is 0 Å². The number of carboxylic acids is 1. The molecule has 0 saturated heterocycles. The highest BCUT2D eigenvalue weighted by Crippen LogP contribution is 2.33. The van der Waals surface area contributed by atoms with Gasteiger partial charge in [0.15, 0.2) is 0 Å². The molecule has 1 fully saturated rings. The van der Waals surface area contributed by atoms with Crippen molar-refractivity contribution in [3.05, 3.63) is 11.7 Å². The second kappa shape index (κ2) is 2.98. The molecule has 0 radical (unpaired) electrons. The van der Waals surface area contributed by atoms with Crippen molar-refractivity contribution in [2.75, 3.05) is 0 Å². The lowest BCUT2D eigenvalue weighted by molar-refractivity contribution is -0.141. The normalized spacial score (nSPS) is 23.8. The summed E-state index contributed by atoms with van der Waals surface area (Å²) < 4.78 is 23.7. The molecule has 0 spiro atoms. The van der Waals surface area contributed by atoms with E-state index in [1.807, 2.05) is 0 Å². The minimum absolute atomic E-state index is 0.0115. The van der Waals surface area contributed by atoms with Crippen LogP contribution in [0.25, 0.3) is 0 Å². The van der Waals surface area contributed by atoms with Crippen LogP contribution < -0.4 is 0 Å². The average Bonchev–Trinajstić information content (AvgIpc) is 2.33. The molecule has 0 aromatic heterocycles. The van der Waals surface area contributed by atoms with Gasteiger partial charge in [-0.1, -0.05) is 0 Å². The number of allylic oxidation sites excluding steroid dienone is 1. The first kappa shape index (κ1) is 8.17. The molecule has 1 aliphatic carbocycles. The van der Waals surface area contributed by atoms with Gasteiger partial charge >= 0.3 is 5.97 Å². The Morgan fingerprint density at radius 2 is 2.18 bits per heavy atom. The molecule has 1 aliphatic rings. The second-order valence-corrected chi connectivity index (χ2v) is 2.64. The fraction of sp³-hybridized carbons (Fsp3) is 0.571. The van der Waals surface area contributed by atoms with Crippen molar-refractivity contribution in [2.45, 2.75) is 19.3 Å². The number of halogens is 2. The SMILES string of the molecule is O=C(O)[C@@H]1CCC(=C(F)F)C1. The third-order valence-electron chi connectivity index (χ3n) is 1.90. The summed E-state index contributed by atoms with van der Waals surface area (Å²) >= 11 is 0. The maximum Gasteiger partial charge on any atom is 0.306 e. The lowest BCUT2D eigenvalue weighted by Crippen LogP contribution is -2.08. The van der Waals surface area contributed by atoms with Gasteiger partial charge in [0.25, 0.3) is 6.08 Å². The molecule has 2 nitrogen and oxygen atoms in total. The number of hydrogen-bond acceptors (Lipinski definition) is 1. The fourth-order valence-corrected chi connectivity index (χ4v) is 1.23. The van der Waals surface area contributed by atoms with Crippen LogP contribution in [0.1, 0.15) is 19.3 Å². The maximum atomic E-state index is 11.9. The molecule has 0 unspecified atom stereocenters. The van der Waals surface area contributed by atoms with Crippen LogP contribution in [0.2, 0.25) is 0 Å². The first-order valence-electron chi connectivity index (χ1n) is 3.37. The Bertz CT molecular complexity index is 206. The number of hydrogen-bond donors (Lipinski definition) is 1. The lowest BCUT2D eigenvalue weighted by atomic mass is 10.1. The standard InChI is InChI=1S/C7H8F2O2/c8-6(9)4-1-2-5(3-4)7(10)11/h5H,1-3H2,(H,10,11)/t5-/m1/s1. The van der Waals surface area contributed by atoms with Crippen molar-refractivity contribution < 1.29 is 18.7 Å². The molecule has 0 aromatic rings. The van der Waals surface area contributed by atoms with E-state index in [4.69, 9.17) is 5.11 Å². The minimum atomic E-state index is -1.70. The highest BCUT2D eigenvalue weighted by molar-refractivity contribution is 5.71. The quantitative estimate of drug-likeness (QED) is 0.640. The Morgan fingerprint density at radius 1 is 1.55 bits per heavy atom. The summed E-state index contributed by atoms with van der Waals surface area (Å²) in [5.41, 5.74) is 0.0115. The summed E-state index contributed by atoms with van der Waals surface area (Å²) in [6.45, 7) is 0. The van der Waals surface area contributed by atoms with Gasteiger partial charge in [-0.25, -0.2) is 0 Å². The lowest BCUT2D eigenvalue weighted by Gasteiger charge is -1.97. The smallest absolute Gasteiger partial charge is 0.306 e. The second-order valence-electron chi connectivity index (χ2n) is 2.64. The Balaban J connectivity index is 2.61. The van der Waals surface area contributed by atoms with Crippen molar-refractivity contribution in [1.29, 1.82) is 0 Å². The summed E-state index contributed by atoms with van der Waals surface area (Å²) in [5.74, 6) is -1.56. The molecule has 11 heavy (non-hydrogen) atoms. The molecule has 1 N–H and O–H groups in total. The Kier molecular flexibility index (Phi) is 2.22. The van der Waals surface area contributed by atoms with Gasteiger partial charge in [-0.2, -0.15) is 8.78 Å². The van der Waals surface area contributed by atoms with Gasteiger partial charge in [-0.15, -0.1) is 0 Å². The predicted molar refractivity (Wildman–Crippen MR) is 34.2 cm³/mol. The summed E-state index contributed by atoms with van der Waals surface area (Å²) in [4.78, 5) is 10.3. The van der Waals surface area contributed by atoms with E-state index in [2.05, 4.69) is 0 Å². The molecule has 1 atom stereocenters. The molecule has 0 amide bonds.